The normalized spacial score (nSPS) is 11.0. The molecule has 5 aromatic rings. The van der Waals surface area contributed by atoms with Crippen LogP contribution in [0.1, 0.15) is 22.3 Å². The first-order valence-corrected chi connectivity index (χ1v) is 15.3. The van der Waals surface area contributed by atoms with Crippen molar-refractivity contribution < 1.29 is 38.0 Å². The van der Waals surface area contributed by atoms with E-state index < -0.39 is 0 Å². The van der Waals surface area contributed by atoms with Crippen molar-refractivity contribution >= 4 is 33.4 Å². The number of carbonyl (C=O) groups excluding carboxylic acids is 1. The predicted octanol–water partition coefficient (Wildman–Crippen LogP) is 7.75. The quantitative estimate of drug-likeness (QED) is 0.0646. The van der Waals surface area contributed by atoms with Gasteiger partial charge in [-0.2, -0.15) is 0 Å². The van der Waals surface area contributed by atoms with Crippen molar-refractivity contribution in [2.45, 2.75) is 6.42 Å². The van der Waals surface area contributed by atoms with E-state index in [2.05, 4.69) is 6.07 Å². The van der Waals surface area contributed by atoms with Gasteiger partial charge in [-0.3, -0.25) is 4.79 Å². The summed E-state index contributed by atoms with van der Waals surface area (Å²) in [5.41, 5.74) is 3.10. The lowest BCUT2D eigenvalue weighted by atomic mass is 10.1. The molecule has 0 bridgehead atoms. The molecule has 0 aliphatic carbocycles. The number of allylic oxidation sites excluding steroid dienone is 1. The molecule has 0 N–H and O–H groups in total. The van der Waals surface area contributed by atoms with E-state index in [1.807, 2.05) is 48.5 Å². The highest BCUT2D eigenvalue weighted by Gasteiger charge is 2.16. The SMILES string of the molecule is COc1ccc(C=CC(=O)c2cc(OC)c(OC)c(OC)c2)cc1OCCCOc1cc(-c2nc3ccccc3s2)ccc1OC. The molecule has 46 heavy (non-hydrogen) atoms. The van der Waals surface area contributed by atoms with Gasteiger partial charge in [-0.15, -0.1) is 11.3 Å². The highest BCUT2D eigenvalue weighted by atomic mass is 32.1. The maximum Gasteiger partial charge on any atom is 0.203 e. The number of rotatable bonds is 15. The van der Waals surface area contributed by atoms with E-state index in [9.17, 15) is 4.79 Å². The summed E-state index contributed by atoms with van der Waals surface area (Å²) in [6, 6.07) is 22.6. The van der Waals surface area contributed by atoms with Crippen molar-refractivity contribution in [3.05, 3.63) is 90.0 Å². The maximum atomic E-state index is 13.0. The minimum absolute atomic E-state index is 0.225. The summed E-state index contributed by atoms with van der Waals surface area (Å²) in [5, 5.41) is 0.920. The van der Waals surface area contributed by atoms with Gasteiger partial charge in [0.2, 0.25) is 5.75 Å². The second-order valence-electron chi connectivity index (χ2n) is 9.92. The fraction of sp³-hybridized carbons (Fsp3) is 0.222. The van der Waals surface area contributed by atoms with E-state index >= 15 is 0 Å². The molecule has 9 nitrogen and oxygen atoms in total. The molecule has 1 heterocycles. The van der Waals surface area contributed by atoms with Crippen LogP contribution in [-0.4, -0.2) is 59.5 Å². The number of aromatic nitrogens is 1. The smallest absolute Gasteiger partial charge is 0.203 e. The van der Waals surface area contributed by atoms with Crippen molar-refractivity contribution in [1.29, 1.82) is 0 Å². The fourth-order valence-electron chi connectivity index (χ4n) is 4.74. The Morgan fingerprint density at radius 3 is 1.96 bits per heavy atom. The van der Waals surface area contributed by atoms with Crippen LogP contribution in [0.3, 0.4) is 0 Å². The van der Waals surface area contributed by atoms with E-state index in [4.69, 9.17) is 38.1 Å². The third-order valence-corrected chi connectivity index (χ3v) is 8.16. The van der Waals surface area contributed by atoms with Gasteiger partial charge in [-0.25, -0.2) is 4.98 Å². The number of ether oxygens (including phenoxy) is 7. The van der Waals surface area contributed by atoms with E-state index in [0.717, 1.165) is 26.4 Å². The van der Waals surface area contributed by atoms with Gasteiger partial charge in [0.15, 0.2) is 40.3 Å². The fourth-order valence-corrected chi connectivity index (χ4v) is 5.70. The lowest BCUT2D eigenvalue weighted by molar-refractivity contribution is 0.104. The van der Waals surface area contributed by atoms with Crippen LogP contribution in [0.2, 0.25) is 0 Å². The minimum Gasteiger partial charge on any atom is -0.493 e. The first-order valence-electron chi connectivity index (χ1n) is 14.5. The Balaban J connectivity index is 1.21. The topological polar surface area (TPSA) is 94.6 Å². The van der Waals surface area contributed by atoms with Crippen molar-refractivity contribution in [1.82, 2.24) is 4.98 Å². The lowest BCUT2D eigenvalue weighted by Crippen LogP contribution is -2.06. The molecule has 0 aliphatic rings. The summed E-state index contributed by atoms with van der Waals surface area (Å²) in [6.07, 6.45) is 3.80. The van der Waals surface area contributed by atoms with E-state index in [1.54, 1.807) is 49.8 Å². The van der Waals surface area contributed by atoms with Gasteiger partial charge in [0.05, 0.1) is 59.0 Å². The Hall–Kier alpha value is -5.22. The van der Waals surface area contributed by atoms with Crippen LogP contribution in [0.4, 0.5) is 0 Å². The van der Waals surface area contributed by atoms with Crippen LogP contribution in [0.25, 0.3) is 26.9 Å². The van der Waals surface area contributed by atoms with Crippen LogP contribution >= 0.6 is 11.3 Å². The maximum absolute atomic E-state index is 13.0. The van der Waals surface area contributed by atoms with E-state index in [0.29, 0.717) is 65.4 Å². The molecule has 0 saturated heterocycles. The summed E-state index contributed by atoms with van der Waals surface area (Å²) in [7, 11) is 7.73. The predicted molar refractivity (Wildman–Crippen MR) is 180 cm³/mol. The van der Waals surface area contributed by atoms with Crippen LogP contribution in [0.5, 0.6) is 40.2 Å². The van der Waals surface area contributed by atoms with Crippen LogP contribution in [0.15, 0.2) is 78.9 Å². The Bertz CT molecular complexity index is 1790. The molecule has 0 radical (unpaired) electrons. The van der Waals surface area contributed by atoms with Crippen molar-refractivity contribution in [3.63, 3.8) is 0 Å². The molecular formula is C36H35NO8S. The van der Waals surface area contributed by atoms with E-state index in [-0.39, 0.29) is 5.78 Å². The van der Waals surface area contributed by atoms with Crippen LogP contribution in [-0.2, 0) is 0 Å². The van der Waals surface area contributed by atoms with Crippen LogP contribution in [0, 0.1) is 0 Å². The van der Waals surface area contributed by atoms with Gasteiger partial charge in [-0.05, 0) is 66.2 Å². The summed E-state index contributed by atoms with van der Waals surface area (Å²) < 4.78 is 40.4. The number of para-hydroxylation sites is 1. The third kappa shape index (κ3) is 7.35. The molecule has 0 amide bonds. The average molecular weight is 642 g/mol. The first-order chi connectivity index (χ1) is 22.5. The minimum atomic E-state index is -0.225. The number of fused-ring (bicyclic) bond motifs is 1. The van der Waals surface area contributed by atoms with Gasteiger partial charge in [-0.1, -0.05) is 24.3 Å². The molecule has 10 heteroatoms. The van der Waals surface area contributed by atoms with Crippen LogP contribution < -0.4 is 33.2 Å². The van der Waals surface area contributed by atoms with Gasteiger partial charge in [0, 0.05) is 17.5 Å². The van der Waals surface area contributed by atoms with Crippen molar-refractivity contribution in [3.8, 4) is 50.8 Å². The molecular weight excluding hydrogens is 606 g/mol. The molecule has 0 fully saturated rings. The molecule has 238 valence electrons. The van der Waals surface area contributed by atoms with Gasteiger partial charge in [0.25, 0.3) is 0 Å². The van der Waals surface area contributed by atoms with Crippen molar-refractivity contribution in [2.24, 2.45) is 0 Å². The third-order valence-electron chi connectivity index (χ3n) is 7.07. The second kappa shape index (κ2) is 15.2. The molecule has 1 aromatic heterocycles. The lowest BCUT2D eigenvalue weighted by Gasteiger charge is -2.14. The monoisotopic (exact) mass is 641 g/mol. The summed E-state index contributed by atoms with van der Waals surface area (Å²) in [4.78, 5) is 17.7. The zero-order valence-corrected chi connectivity index (χ0v) is 27.1. The molecule has 0 spiro atoms. The number of carbonyl (C=O) groups is 1. The average Bonchev–Trinajstić information content (AvgIpc) is 3.54. The molecule has 4 aromatic carbocycles. The number of ketones is 1. The largest absolute Gasteiger partial charge is 0.493 e. The van der Waals surface area contributed by atoms with Gasteiger partial charge < -0.3 is 33.2 Å². The zero-order chi connectivity index (χ0) is 32.5. The molecule has 0 unspecified atom stereocenters. The molecule has 0 saturated carbocycles. The number of thiazole rings is 1. The van der Waals surface area contributed by atoms with E-state index in [1.165, 1.54) is 27.4 Å². The molecule has 0 atom stereocenters. The number of methoxy groups -OCH3 is 5. The summed E-state index contributed by atoms with van der Waals surface area (Å²) in [5.74, 6) is 3.43. The van der Waals surface area contributed by atoms with Crippen molar-refractivity contribution in [2.75, 3.05) is 48.8 Å². The number of nitrogens with zero attached hydrogens (tertiary/aromatic N) is 1. The molecule has 0 aliphatic heterocycles. The van der Waals surface area contributed by atoms with Gasteiger partial charge in [0.1, 0.15) is 5.01 Å². The van der Waals surface area contributed by atoms with Gasteiger partial charge >= 0.3 is 0 Å². The Kier molecular flexibility index (Phi) is 10.6. The summed E-state index contributed by atoms with van der Waals surface area (Å²) >= 11 is 1.64. The Morgan fingerprint density at radius 1 is 0.696 bits per heavy atom. The Labute approximate surface area is 271 Å². The Morgan fingerprint density at radius 2 is 1.33 bits per heavy atom. The second-order valence-corrected chi connectivity index (χ2v) is 11.0. The number of benzene rings is 4. The highest BCUT2D eigenvalue weighted by molar-refractivity contribution is 7.21. The standard InChI is InChI=1S/C36H35NO8S/c1-39-28-15-12-23(11-14-27(38)25-21-32(41-3)35(43-5)33(22-25)42-4)19-30(28)44-17-8-18-45-31-20-24(13-16-29(31)40-2)36-37-26-9-6-7-10-34(26)46-36/h6-7,9-16,19-22H,8,17-18H2,1-5H3. The summed E-state index contributed by atoms with van der Waals surface area (Å²) in [6.45, 7) is 0.790. The first kappa shape index (κ1) is 32.2. The highest BCUT2D eigenvalue weighted by Crippen LogP contribution is 2.39. The number of hydrogen-bond donors (Lipinski definition) is 0. The molecule has 5 rings (SSSR count). The number of hydrogen-bond acceptors (Lipinski definition) is 10. The zero-order valence-electron chi connectivity index (χ0n) is 26.3.